The topological polar surface area (TPSA) is 86.7 Å². The van der Waals surface area contributed by atoms with Gasteiger partial charge in [0.25, 0.3) is 0 Å². The SMILES string of the molecule is CCN(CC(=O)O)c1ccccc1S(=O)(=O)NC1CC1. The Morgan fingerprint density at radius 3 is 2.60 bits per heavy atom. The fourth-order valence-electron chi connectivity index (χ4n) is 1.96. The lowest BCUT2D eigenvalue weighted by atomic mass is 10.3. The first-order valence-electron chi connectivity index (χ1n) is 6.52. The van der Waals surface area contributed by atoms with Crippen LogP contribution in [0.1, 0.15) is 19.8 Å². The molecule has 1 aliphatic rings. The van der Waals surface area contributed by atoms with Crippen molar-refractivity contribution in [3.8, 4) is 0 Å². The van der Waals surface area contributed by atoms with Crippen molar-refractivity contribution in [2.24, 2.45) is 0 Å². The highest BCUT2D eigenvalue weighted by molar-refractivity contribution is 7.89. The van der Waals surface area contributed by atoms with Gasteiger partial charge in [-0.3, -0.25) is 4.79 Å². The third-order valence-electron chi connectivity index (χ3n) is 3.10. The van der Waals surface area contributed by atoms with E-state index in [1.54, 1.807) is 25.1 Å². The number of likely N-dealkylation sites (N-methyl/N-ethyl adjacent to an activating group) is 1. The average molecular weight is 298 g/mol. The van der Waals surface area contributed by atoms with Gasteiger partial charge in [-0.15, -0.1) is 0 Å². The molecule has 0 aromatic heterocycles. The maximum atomic E-state index is 12.3. The van der Waals surface area contributed by atoms with E-state index in [1.165, 1.54) is 11.0 Å². The minimum absolute atomic E-state index is 0.0163. The Hall–Kier alpha value is -1.60. The molecule has 6 nitrogen and oxygen atoms in total. The van der Waals surface area contributed by atoms with Crippen LogP contribution in [0.2, 0.25) is 0 Å². The summed E-state index contributed by atoms with van der Waals surface area (Å²) in [5.41, 5.74) is 0.422. The Balaban J connectivity index is 2.35. The summed E-state index contributed by atoms with van der Waals surface area (Å²) in [4.78, 5) is 12.5. The number of carbonyl (C=O) groups is 1. The van der Waals surface area contributed by atoms with Crippen LogP contribution in [0.5, 0.6) is 0 Å². The number of carboxylic acids is 1. The molecule has 20 heavy (non-hydrogen) atoms. The summed E-state index contributed by atoms with van der Waals surface area (Å²) in [5, 5.41) is 8.92. The van der Waals surface area contributed by atoms with E-state index in [1.807, 2.05) is 0 Å². The molecule has 0 heterocycles. The van der Waals surface area contributed by atoms with E-state index in [2.05, 4.69) is 4.72 Å². The van der Waals surface area contributed by atoms with Crippen molar-refractivity contribution >= 4 is 21.7 Å². The van der Waals surface area contributed by atoms with E-state index in [9.17, 15) is 13.2 Å². The molecule has 0 saturated heterocycles. The zero-order chi connectivity index (χ0) is 14.8. The van der Waals surface area contributed by atoms with Crippen LogP contribution in [0.4, 0.5) is 5.69 Å². The fourth-order valence-corrected chi connectivity index (χ4v) is 3.49. The van der Waals surface area contributed by atoms with Gasteiger partial charge >= 0.3 is 5.97 Å². The van der Waals surface area contributed by atoms with Gasteiger partial charge in [0, 0.05) is 12.6 Å². The molecule has 1 saturated carbocycles. The molecular formula is C13H18N2O4S. The van der Waals surface area contributed by atoms with Crippen LogP contribution >= 0.6 is 0 Å². The molecule has 1 aromatic rings. The normalized spacial score (nSPS) is 15.1. The number of nitrogens with zero attached hydrogens (tertiary/aromatic N) is 1. The summed E-state index contributed by atoms with van der Waals surface area (Å²) in [6.45, 7) is 1.98. The van der Waals surface area contributed by atoms with Crippen LogP contribution in [0.3, 0.4) is 0 Å². The summed E-state index contributed by atoms with van der Waals surface area (Å²) in [6.07, 6.45) is 1.71. The highest BCUT2D eigenvalue weighted by Gasteiger charge is 2.30. The van der Waals surface area contributed by atoms with Gasteiger partial charge in [0.05, 0.1) is 5.69 Å². The van der Waals surface area contributed by atoms with Crippen LogP contribution < -0.4 is 9.62 Å². The van der Waals surface area contributed by atoms with Gasteiger partial charge < -0.3 is 10.0 Å². The maximum absolute atomic E-state index is 12.3. The smallest absolute Gasteiger partial charge is 0.323 e. The predicted octanol–water partition coefficient (Wildman–Crippen LogP) is 1.04. The van der Waals surface area contributed by atoms with Gasteiger partial charge in [0.15, 0.2) is 0 Å². The lowest BCUT2D eigenvalue weighted by molar-refractivity contribution is -0.135. The van der Waals surface area contributed by atoms with Crippen LogP contribution in [0.25, 0.3) is 0 Å². The third kappa shape index (κ3) is 3.49. The predicted molar refractivity (Wildman–Crippen MR) is 75.3 cm³/mol. The molecule has 1 aliphatic carbocycles. The number of rotatable bonds is 7. The van der Waals surface area contributed by atoms with Crippen LogP contribution in [-0.4, -0.2) is 38.6 Å². The van der Waals surface area contributed by atoms with Crippen LogP contribution in [0.15, 0.2) is 29.2 Å². The van der Waals surface area contributed by atoms with Gasteiger partial charge in [0.1, 0.15) is 11.4 Å². The number of para-hydroxylation sites is 1. The second-order valence-corrected chi connectivity index (χ2v) is 6.45. The summed E-state index contributed by atoms with van der Waals surface area (Å²) in [7, 11) is -3.60. The molecule has 0 radical (unpaired) electrons. The molecule has 0 bridgehead atoms. The second-order valence-electron chi connectivity index (χ2n) is 4.77. The number of sulfonamides is 1. The number of benzene rings is 1. The standard InChI is InChI=1S/C13H18N2O4S/c1-2-15(9-13(16)17)11-5-3-4-6-12(11)20(18,19)14-10-7-8-10/h3-6,10,14H,2,7-9H2,1H3,(H,16,17). The highest BCUT2D eigenvalue weighted by Crippen LogP contribution is 2.28. The minimum Gasteiger partial charge on any atom is -0.480 e. The van der Waals surface area contributed by atoms with Gasteiger partial charge in [-0.25, -0.2) is 13.1 Å². The van der Waals surface area contributed by atoms with E-state index in [4.69, 9.17) is 5.11 Å². The molecule has 0 amide bonds. The zero-order valence-corrected chi connectivity index (χ0v) is 12.1. The Labute approximate surface area is 118 Å². The number of hydrogen-bond acceptors (Lipinski definition) is 4. The molecule has 0 atom stereocenters. The first kappa shape index (κ1) is 14.8. The summed E-state index contributed by atoms with van der Waals surface area (Å²) in [6, 6.07) is 6.50. The molecule has 2 rings (SSSR count). The molecule has 0 unspecified atom stereocenters. The number of aliphatic carboxylic acids is 1. The van der Waals surface area contributed by atoms with Crippen molar-refractivity contribution in [1.82, 2.24) is 4.72 Å². The van der Waals surface area contributed by atoms with Gasteiger partial charge in [-0.05, 0) is 31.9 Å². The van der Waals surface area contributed by atoms with Crippen molar-refractivity contribution in [3.05, 3.63) is 24.3 Å². The lowest BCUT2D eigenvalue weighted by Crippen LogP contribution is -2.33. The van der Waals surface area contributed by atoms with Crippen LogP contribution in [0, 0.1) is 0 Å². The first-order valence-corrected chi connectivity index (χ1v) is 8.00. The Bertz CT molecular complexity index is 596. The average Bonchev–Trinajstić information content (AvgIpc) is 3.19. The van der Waals surface area contributed by atoms with Crippen molar-refractivity contribution in [2.75, 3.05) is 18.0 Å². The fraction of sp³-hybridized carbons (Fsp3) is 0.462. The maximum Gasteiger partial charge on any atom is 0.323 e. The lowest BCUT2D eigenvalue weighted by Gasteiger charge is -2.23. The molecule has 0 spiro atoms. The molecule has 0 aliphatic heterocycles. The Morgan fingerprint density at radius 1 is 1.40 bits per heavy atom. The number of hydrogen-bond donors (Lipinski definition) is 2. The van der Waals surface area contributed by atoms with Gasteiger partial charge in [-0.2, -0.15) is 0 Å². The van der Waals surface area contributed by atoms with E-state index in [0.29, 0.717) is 12.2 Å². The van der Waals surface area contributed by atoms with E-state index < -0.39 is 16.0 Å². The quantitative estimate of drug-likeness (QED) is 0.785. The summed E-state index contributed by atoms with van der Waals surface area (Å²) in [5.74, 6) is -0.991. The molecule has 1 aromatic carbocycles. The molecule has 7 heteroatoms. The molecule has 1 fully saturated rings. The van der Waals surface area contributed by atoms with Gasteiger partial charge in [0.2, 0.25) is 10.0 Å². The first-order chi connectivity index (χ1) is 9.44. The van der Waals surface area contributed by atoms with E-state index in [0.717, 1.165) is 12.8 Å². The van der Waals surface area contributed by atoms with Crippen LogP contribution in [-0.2, 0) is 14.8 Å². The molecule has 2 N–H and O–H groups in total. The highest BCUT2D eigenvalue weighted by atomic mass is 32.2. The van der Waals surface area contributed by atoms with Crippen molar-refractivity contribution in [3.63, 3.8) is 0 Å². The Morgan fingerprint density at radius 2 is 2.05 bits per heavy atom. The van der Waals surface area contributed by atoms with E-state index in [-0.39, 0.29) is 17.5 Å². The molecular weight excluding hydrogens is 280 g/mol. The van der Waals surface area contributed by atoms with Gasteiger partial charge in [-0.1, -0.05) is 12.1 Å². The van der Waals surface area contributed by atoms with Crippen molar-refractivity contribution < 1.29 is 18.3 Å². The Kier molecular flexibility index (Phi) is 4.29. The number of nitrogens with one attached hydrogen (secondary N) is 1. The molecule has 110 valence electrons. The number of anilines is 1. The van der Waals surface area contributed by atoms with Crippen molar-refractivity contribution in [2.45, 2.75) is 30.7 Å². The third-order valence-corrected chi connectivity index (χ3v) is 4.67. The summed E-state index contributed by atoms with van der Waals surface area (Å²) < 4.78 is 27.3. The number of carboxylic acid groups (broad SMARTS) is 1. The largest absolute Gasteiger partial charge is 0.480 e. The summed E-state index contributed by atoms with van der Waals surface area (Å²) >= 11 is 0. The second kappa shape index (κ2) is 5.80. The van der Waals surface area contributed by atoms with E-state index >= 15 is 0 Å². The minimum atomic E-state index is -3.60. The zero-order valence-electron chi connectivity index (χ0n) is 11.2. The van der Waals surface area contributed by atoms with Crippen molar-refractivity contribution in [1.29, 1.82) is 0 Å². The monoisotopic (exact) mass is 298 g/mol.